The number of halogens is 8. The molecule has 1 N–H and O–H groups in total. The van der Waals surface area contributed by atoms with Crippen molar-refractivity contribution in [1.82, 2.24) is 15.0 Å². The maximum atomic E-state index is 13.5. The summed E-state index contributed by atoms with van der Waals surface area (Å²) in [6.07, 6.45) is -10.2. The van der Waals surface area contributed by atoms with Gasteiger partial charge >= 0.3 is 12.4 Å². The van der Waals surface area contributed by atoms with Crippen molar-refractivity contribution in [2.75, 3.05) is 5.32 Å². The molecule has 1 heterocycles. The SMILES string of the molecule is O=C(Nc1ccc(F)c(C(F)(F)F)c1)c1nnn(-c2ccc(F)cc2)c1C(F)(F)F. The number of aromatic nitrogens is 3. The number of nitrogens with one attached hydrogen (secondary N) is 1. The third kappa shape index (κ3) is 4.23. The van der Waals surface area contributed by atoms with Gasteiger partial charge in [0.1, 0.15) is 11.6 Å². The molecule has 0 fully saturated rings. The van der Waals surface area contributed by atoms with Gasteiger partial charge in [-0.25, -0.2) is 13.5 Å². The molecule has 3 rings (SSSR count). The van der Waals surface area contributed by atoms with Crippen LogP contribution in [0.25, 0.3) is 5.69 Å². The maximum absolute atomic E-state index is 13.5. The quantitative estimate of drug-likeness (QED) is 0.599. The van der Waals surface area contributed by atoms with Gasteiger partial charge in [-0.15, -0.1) is 5.10 Å². The molecule has 0 aliphatic rings. The molecule has 0 aliphatic heterocycles. The first-order valence-electron chi connectivity index (χ1n) is 7.85. The van der Waals surface area contributed by atoms with E-state index < -0.39 is 52.5 Å². The van der Waals surface area contributed by atoms with Crippen LogP contribution in [-0.2, 0) is 12.4 Å². The van der Waals surface area contributed by atoms with E-state index in [4.69, 9.17) is 0 Å². The summed E-state index contributed by atoms with van der Waals surface area (Å²) in [5.74, 6) is -3.89. The number of benzene rings is 2. The minimum Gasteiger partial charge on any atom is -0.321 e. The Morgan fingerprint density at radius 2 is 1.53 bits per heavy atom. The minimum absolute atomic E-state index is 0.227. The Morgan fingerprint density at radius 3 is 2.10 bits per heavy atom. The lowest BCUT2D eigenvalue weighted by molar-refractivity contribution is -0.143. The van der Waals surface area contributed by atoms with Gasteiger partial charge in [-0.3, -0.25) is 4.79 Å². The molecule has 0 unspecified atom stereocenters. The number of carbonyl (C=O) groups is 1. The number of anilines is 1. The molecule has 1 amide bonds. The Bertz CT molecular complexity index is 1090. The van der Waals surface area contributed by atoms with E-state index in [1.165, 1.54) is 0 Å². The molecular weight excluding hydrogens is 428 g/mol. The summed E-state index contributed by atoms with van der Waals surface area (Å²) in [4.78, 5) is 12.3. The summed E-state index contributed by atoms with van der Waals surface area (Å²) in [6.45, 7) is 0. The molecule has 0 bridgehead atoms. The highest BCUT2D eigenvalue weighted by Gasteiger charge is 2.42. The second-order valence-corrected chi connectivity index (χ2v) is 5.82. The average Bonchev–Trinajstić information content (AvgIpc) is 3.08. The van der Waals surface area contributed by atoms with E-state index in [-0.39, 0.29) is 16.4 Å². The molecule has 30 heavy (non-hydrogen) atoms. The molecule has 13 heteroatoms. The summed E-state index contributed by atoms with van der Waals surface area (Å²) in [5, 5.41) is 8.20. The molecule has 0 atom stereocenters. The Kier molecular flexibility index (Phi) is 5.22. The molecule has 0 aliphatic carbocycles. The van der Waals surface area contributed by atoms with Crippen molar-refractivity contribution in [2.24, 2.45) is 0 Å². The van der Waals surface area contributed by atoms with E-state index in [9.17, 15) is 39.9 Å². The zero-order valence-corrected chi connectivity index (χ0v) is 14.3. The number of hydrogen-bond donors (Lipinski definition) is 1. The zero-order chi connectivity index (χ0) is 22.3. The third-order valence-electron chi connectivity index (χ3n) is 3.75. The third-order valence-corrected chi connectivity index (χ3v) is 3.75. The van der Waals surface area contributed by atoms with Crippen LogP contribution in [0.3, 0.4) is 0 Å². The van der Waals surface area contributed by atoms with Crippen molar-refractivity contribution in [3.05, 3.63) is 71.1 Å². The van der Waals surface area contributed by atoms with Crippen molar-refractivity contribution in [1.29, 1.82) is 0 Å². The lowest BCUT2D eigenvalue weighted by Crippen LogP contribution is -2.21. The van der Waals surface area contributed by atoms with Crippen LogP contribution in [0, 0.1) is 11.6 Å². The zero-order valence-electron chi connectivity index (χ0n) is 14.3. The van der Waals surface area contributed by atoms with Gasteiger partial charge in [0.15, 0.2) is 11.4 Å². The van der Waals surface area contributed by atoms with Gasteiger partial charge in [0, 0.05) is 5.69 Å². The van der Waals surface area contributed by atoms with E-state index >= 15 is 0 Å². The van der Waals surface area contributed by atoms with E-state index in [0.717, 1.165) is 30.3 Å². The van der Waals surface area contributed by atoms with Gasteiger partial charge in [0.05, 0.1) is 11.3 Å². The molecule has 0 radical (unpaired) electrons. The largest absolute Gasteiger partial charge is 0.435 e. The highest BCUT2D eigenvalue weighted by molar-refractivity contribution is 6.03. The monoisotopic (exact) mass is 436 g/mol. The number of hydrogen-bond acceptors (Lipinski definition) is 3. The molecule has 1 aromatic heterocycles. The topological polar surface area (TPSA) is 59.8 Å². The lowest BCUT2D eigenvalue weighted by atomic mass is 10.1. The van der Waals surface area contributed by atoms with E-state index in [1.54, 1.807) is 5.32 Å². The van der Waals surface area contributed by atoms with Gasteiger partial charge in [-0.2, -0.15) is 26.3 Å². The Hall–Kier alpha value is -3.51. The van der Waals surface area contributed by atoms with E-state index in [0.29, 0.717) is 6.07 Å². The average molecular weight is 436 g/mol. The van der Waals surface area contributed by atoms with Crippen molar-refractivity contribution >= 4 is 11.6 Å². The Morgan fingerprint density at radius 1 is 0.900 bits per heavy atom. The summed E-state index contributed by atoms with van der Waals surface area (Å²) in [7, 11) is 0. The van der Waals surface area contributed by atoms with Crippen molar-refractivity contribution in [2.45, 2.75) is 12.4 Å². The number of nitrogens with zero attached hydrogens (tertiary/aromatic N) is 3. The molecule has 5 nitrogen and oxygen atoms in total. The van der Waals surface area contributed by atoms with Crippen LogP contribution >= 0.6 is 0 Å². The van der Waals surface area contributed by atoms with Crippen LogP contribution < -0.4 is 5.32 Å². The second kappa shape index (κ2) is 7.39. The summed E-state index contributed by atoms with van der Waals surface area (Å²) in [6, 6.07) is 4.98. The summed E-state index contributed by atoms with van der Waals surface area (Å²) < 4.78 is 105. The minimum atomic E-state index is -5.15. The highest BCUT2D eigenvalue weighted by atomic mass is 19.4. The maximum Gasteiger partial charge on any atom is 0.435 e. The number of carbonyl (C=O) groups excluding carboxylic acids is 1. The predicted octanol–water partition coefficient (Wildman–Crippen LogP) is 4.84. The highest BCUT2D eigenvalue weighted by Crippen LogP contribution is 2.35. The molecule has 0 spiro atoms. The smallest absolute Gasteiger partial charge is 0.321 e. The van der Waals surface area contributed by atoms with Gasteiger partial charge in [0.25, 0.3) is 5.91 Å². The normalized spacial score (nSPS) is 12.1. The van der Waals surface area contributed by atoms with Gasteiger partial charge in [-0.1, -0.05) is 5.21 Å². The standard InChI is InChI=1S/C17H8F8N4O/c18-8-1-4-10(5-2-8)29-14(17(23,24)25)13(27-28-29)15(30)26-9-3-6-12(19)11(7-9)16(20,21)22/h1-7H,(H,26,30). The lowest BCUT2D eigenvalue weighted by Gasteiger charge is -2.12. The van der Waals surface area contributed by atoms with Crippen LogP contribution in [0.5, 0.6) is 0 Å². The van der Waals surface area contributed by atoms with E-state index in [2.05, 4.69) is 10.3 Å². The van der Waals surface area contributed by atoms with Crippen LogP contribution in [0.15, 0.2) is 42.5 Å². The van der Waals surface area contributed by atoms with Gasteiger partial charge < -0.3 is 5.32 Å². The molecule has 2 aromatic carbocycles. The molecule has 158 valence electrons. The molecule has 0 saturated heterocycles. The second-order valence-electron chi connectivity index (χ2n) is 5.82. The number of amides is 1. The van der Waals surface area contributed by atoms with Crippen molar-refractivity contribution in [3.63, 3.8) is 0 Å². The summed E-state index contributed by atoms with van der Waals surface area (Å²) in [5.41, 5.74) is -5.48. The van der Waals surface area contributed by atoms with Gasteiger partial charge in [0.2, 0.25) is 0 Å². The molecule has 3 aromatic rings. The number of rotatable bonds is 3. The summed E-state index contributed by atoms with van der Waals surface area (Å²) >= 11 is 0. The number of alkyl halides is 6. The van der Waals surface area contributed by atoms with E-state index in [1.807, 2.05) is 0 Å². The fourth-order valence-corrected chi connectivity index (χ4v) is 2.46. The fourth-order valence-electron chi connectivity index (χ4n) is 2.46. The van der Waals surface area contributed by atoms with Gasteiger partial charge in [-0.05, 0) is 42.5 Å². The van der Waals surface area contributed by atoms with Crippen LogP contribution in [0.1, 0.15) is 21.7 Å². The van der Waals surface area contributed by atoms with Crippen LogP contribution in [0.4, 0.5) is 40.8 Å². The Balaban J connectivity index is 2.00. The first kappa shape index (κ1) is 21.2. The van der Waals surface area contributed by atoms with Crippen LogP contribution in [0.2, 0.25) is 0 Å². The predicted molar refractivity (Wildman–Crippen MR) is 85.7 cm³/mol. The fraction of sp³-hybridized carbons (Fsp3) is 0.118. The first-order chi connectivity index (χ1) is 13.9. The first-order valence-corrected chi connectivity index (χ1v) is 7.85. The Labute approximate surface area is 161 Å². The van der Waals surface area contributed by atoms with Crippen molar-refractivity contribution < 1.29 is 39.9 Å². The van der Waals surface area contributed by atoms with Crippen LogP contribution in [-0.4, -0.2) is 20.9 Å². The molecular formula is C17H8F8N4O. The van der Waals surface area contributed by atoms with Crippen molar-refractivity contribution in [3.8, 4) is 5.69 Å². The molecule has 0 saturated carbocycles.